The molecule has 0 saturated carbocycles. The second-order valence-corrected chi connectivity index (χ2v) is 5.20. The van der Waals surface area contributed by atoms with Gasteiger partial charge in [0, 0.05) is 0 Å². The van der Waals surface area contributed by atoms with Crippen molar-refractivity contribution < 1.29 is 0 Å². The molecule has 4 heteroatoms. The average molecular weight is 176 g/mol. The van der Waals surface area contributed by atoms with E-state index in [1.165, 1.54) is 0 Å². The zero-order valence-corrected chi connectivity index (χ0v) is 7.84. The Morgan fingerprint density at radius 2 is 2.40 bits per heavy atom. The zero-order valence-electron chi connectivity index (χ0n) is 6.20. The summed E-state index contributed by atoms with van der Waals surface area (Å²) >= 11 is 3.57. The molecule has 2 nitrogen and oxygen atoms in total. The highest BCUT2D eigenvalue weighted by molar-refractivity contribution is 8.25. The summed E-state index contributed by atoms with van der Waals surface area (Å²) in [6, 6.07) is 0. The molecule has 0 saturated heterocycles. The van der Waals surface area contributed by atoms with E-state index in [0.717, 1.165) is 11.6 Å². The summed E-state index contributed by atoms with van der Waals surface area (Å²) in [5.74, 6) is 0. The van der Waals surface area contributed by atoms with Crippen molar-refractivity contribution in [3.8, 4) is 0 Å². The van der Waals surface area contributed by atoms with Crippen molar-refractivity contribution in [2.75, 3.05) is 0 Å². The maximum absolute atomic E-state index is 5.59. The lowest BCUT2D eigenvalue weighted by atomic mass is 10.6. The normalized spacial score (nSPS) is 33.6. The molecule has 0 aliphatic carbocycles. The van der Waals surface area contributed by atoms with Gasteiger partial charge in [0.1, 0.15) is 0 Å². The van der Waals surface area contributed by atoms with Crippen LogP contribution in [0.2, 0.25) is 0 Å². The molecule has 0 bridgehead atoms. The predicted octanol–water partition coefficient (Wildman–Crippen LogP) is 1.86. The number of amidine groups is 1. The number of nitrogens with two attached hydrogens (primary N) is 1. The number of aliphatic imine (C=N–C) groups is 1. The molecule has 0 spiro atoms. The molecule has 0 amide bonds. The molecule has 58 valence electrons. The van der Waals surface area contributed by atoms with Gasteiger partial charge < -0.3 is 5.73 Å². The summed E-state index contributed by atoms with van der Waals surface area (Å²) < 4.78 is 0.618. The third kappa shape index (κ3) is 2.09. The van der Waals surface area contributed by atoms with E-state index in [4.69, 9.17) is 5.73 Å². The van der Waals surface area contributed by atoms with E-state index >= 15 is 0 Å². The monoisotopic (exact) mass is 176 g/mol. The van der Waals surface area contributed by atoms with Crippen molar-refractivity contribution >= 4 is 28.7 Å². The first-order valence-electron chi connectivity index (χ1n) is 3.37. The Bertz CT molecular complexity index is 147. The van der Waals surface area contributed by atoms with Crippen molar-refractivity contribution in [3.05, 3.63) is 0 Å². The Hall–Kier alpha value is 0.170. The third-order valence-corrected chi connectivity index (χ3v) is 3.94. The second kappa shape index (κ2) is 3.53. The van der Waals surface area contributed by atoms with E-state index in [2.05, 4.69) is 18.8 Å². The molecule has 0 fully saturated rings. The van der Waals surface area contributed by atoms with Crippen LogP contribution in [-0.4, -0.2) is 15.1 Å². The van der Waals surface area contributed by atoms with Gasteiger partial charge in [0.25, 0.3) is 0 Å². The minimum absolute atomic E-state index is 0.353. The average Bonchev–Trinajstić information content (AvgIpc) is 1.85. The standard InChI is InChI=1S/C6H12N2S2/c1-3-5-9-4(2)8-6(7)10-5/h4-5H,3H2,1-2H3,(H2,7,8). The van der Waals surface area contributed by atoms with E-state index in [9.17, 15) is 0 Å². The molecule has 1 heterocycles. The number of rotatable bonds is 1. The number of nitrogens with zero attached hydrogens (tertiary/aromatic N) is 1. The Kier molecular flexibility index (Phi) is 2.92. The first kappa shape index (κ1) is 8.27. The topological polar surface area (TPSA) is 38.4 Å². The number of thioether (sulfide) groups is 2. The van der Waals surface area contributed by atoms with Crippen LogP contribution in [0.5, 0.6) is 0 Å². The fourth-order valence-electron chi connectivity index (χ4n) is 0.802. The van der Waals surface area contributed by atoms with E-state index in [1.807, 2.05) is 11.8 Å². The van der Waals surface area contributed by atoms with Crippen LogP contribution in [0.15, 0.2) is 4.99 Å². The summed E-state index contributed by atoms with van der Waals surface area (Å²) in [5, 5.41) is 1.10. The van der Waals surface area contributed by atoms with Crippen LogP contribution in [0.3, 0.4) is 0 Å². The molecule has 2 N–H and O–H groups in total. The van der Waals surface area contributed by atoms with Gasteiger partial charge in [-0.25, -0.2) is 4.99 Å². The number of hydrogen-bond acceptors (Lipinski definition) is 4. The highest BCUT2D eigenvalue weighted by atomic mass is 32.2. The lowest BCUT2D eigenvalue weighted by molar-refractivity contribution is 0.996. The van der Waals surface area contributed by atoms with E-state index < -0.39 is 0 Å². The van der Waals surface area contributed by atoms with Gasteiger partial charge >= 0.3 is 0 Å². The fraction of sp³-hybridized carbons (Fsp3) is 0.833. The first-order chi connectivity index (χ1) is 4.72. The molecule has 1 rings (SSSR count). The van der Waals surface area contributed by atoms with Crippen LogP contribution in [0.4, 0.5) is 0 Å². The quantitative estimate of drug-likeness (QED) is 0.663. The van der Waals surface area contributed by atoms with Gasteiger partial charge in [-0.1, -0.05) is 18.7 Å². The molecule has 0 radical (unpaired) electrons. The summed E-state index contributed by atoms with van der Waals surface area (Å²) in [6.45, 7) is 4.26. The van der Waals surface area contributed by atoms with Gasteiger partial charge in [0.15, 0.2) is 5.17 Å². The summed E-state index contributed by atoms with van der Waals surface area (Å²) in [7, 11) is 0. The second-order valence-electron chi connectivity index (χ2n) is 2.16. The van der Waals surface area contributed by atoms with Crippen molar-refractivity contribution in [2.24, 2.45) is 10.7 Å². The minimum Gasteiger partial charge on any atom is -0.378 e. The molecular weight excluding hydrogens is 164 g/mol. The molecular formula is C6H12N2S2. The van der Waals surface area contributed by atoms with E-state index in [-0.39, 0.29) is 0 Å². The van der Waals surface area contributed by atoms with Crippen molar-refractivity contribution in [3.63, 3.8) is 0 Å². The fourth-order valence-corrected chi connectivity index (χ4v) is 3.33. The Labute approximate surface area is 70.0 Å². The smallest absolute Gasteiger partial charge is 0.156 e. The Morgan fingerprint density at radius 1 is 1.70 bits per heavy atom. The van der Waals surface area contributed by atoms with Crippen LogP contribution in [0.25, 0.3) is 0 Å². The highest BCUT2D eigenvalue weighted by Gasteiger charge is 2.18. The first-order valence-corrected chi connectivity index (χ1v) is 5.20. The summed E-state index contributed by atoms with van der Waals surface area (Å²) in [5.41, 5.74) is 5.59. The maximum Gasteiger partial charge on any atom is 0.156 e. The van der Waals surface area contributed by atoms with Crippen molar-refractivity contribution in [1.29, 1.82) is 0 Å². The molecule has 0 aromatic carbocycles. The van der Waals surface area contributed by atoms with Gasteiger partial charge in [-0.3, -0.25) is 0 Å². The lowest BCUT2D eigenvalue weighted by Crippen LogP contribution is -2.19. The molecule has 2 unspecified atom stereocenters. The van der Waals surface area contributed by atoms with Crippen LogP contribution in [-0.2, 0) is 0 Å². The Balaban J connectivity index is 2.52. The summed E-state index contributed by atoms with van der Waals surface area (Å²) in [4.78, 5) is 4.20. The van der Waals surface area contributed by atoms with Crippen LogP contribution >= 0.6 is 23.5 Å². The summed E-state index contributed by atoms with van der Waals surface area (Å²) in [6.07, 6.45) is 1.16. The third-order valence-electron chi connectivity index (χ3n) is 1.24. The van der Waals surface area contributed by atoms with Crippen LogP contribution in [0, 0.1) is 0 Å². The van der Waals surface area contributed by atoms with Gasteiger partial charge in [-0.05, 0) is 13.3 Å². The maximum atomic E-state index is 5.59. The van der Waals surface area contributed by atoms with E-state index in [1.54, 1.807) is 11.8 Å². The largest absolute Gasteiger partial charge is 0.378 e. The van der Waals surface area contributed by atoms with Crippen LogP contribution in [0.1, 0.15) is 20.3 Å². The van der Waals surface area contributed by atoms with Gasteiger partial charge in [-0.2, -0.15) is 0 Å². The molecule has 1 aliphatic heterocycles. The number of hydrogen-bond donors (Lipinski definition) is 1. The highest BCUT2D eigenvalue weighted by Crippen LogP contribution is 2.34. The Morgan fingerprint density at radius 3 is 2.90 bits per heavy atom. The SMILES string of the molecule is CCC1SC(N)=NC(C)S1. The molecule has 2 atom stereocenters. The molecule has 1 aliphatic rings. The zero-order chi connectivity index (χ0) is 7.56. The van der Waals surface area contributed by atoms with Crippen molar-refractivity contribution in [2.45, 2.75) is 30.2 Å². The van der Waals surface area contributed by atoms with Gasteiger partial charge in [0.05, 0.1) is 9.96 Å². The molecule has 0 aromatic rings. The molecule has 0 aromatic heterocycles. The minimum atomic E-state index is 0.353. The van der Waals surface area contributed by atoms with Gasteiger partial charge in [0.2, 0.25) is 0 Å². The van der Waals surface area contributed by atoms with Crippen LogP contribution < -0.4 is 5.73 Å². The molecule has 10 heavy (non-hydrogen) atoms. The predicted molar refractivity (Wildman–Crippen MR) is 50.3 cm³/mol. The van der Waals surface area contributed by atoms with Crippen molar-refractivity contribution in [1.82, 2.24) is 0 Å². The van der Waals surface area contributed by atoms with E-state index in [0.29, 0.717) is 9.96 Å². The lowest BCUT2D eigenvalue weighted by Gasteiger charge is -2.21. The van der Waals surface area contributed by atoms with Gasteiger partial charge in [-0.15, -0.1) is 11.8 Å².